The first-order valence-corrected chi connectivity index (χ1v) is 12.7. The van der Waals surface area contributed by atoms with Crippen LogP contribution >= 0.6 is 24.0 Å². The summed E-state index contributed by atoms with van der Waals surface area (Å²) in [6.45, 7) is 10.8. The van der Waals surface area contributed by atoms with Gasteiger partial charge in [0.1, 0.15) is 0 Å². The lowest BCUT2D eigenvalue weighted by molar-refractivity contribution is 0.104. The minimum atomic E-state index is 0.407. The van der Waals surface area contributed by atoms with Crippen molar-refractivity contribution in [3.63, 3.8) is 0 Å². The molecule has 1 aliphatic carbocycles. The molecule has 0 radical (unpaired) electrons. The first-order chi connectivity index (χ1) is 14.1. The number of hydrogen-bond acceptors (Lipinski definition) is 3. The van der Waals surface area contributed by atoms with Crippen molar-refractivity contribution in [1.82, 2.24) is 20.1 Å². The number of aromatic amines is 1. The van der Waals surface area contributed by atoms with Gasteiger partial charge in [-0.3, -0.25) is 4.90 Å². The second-order valence-corrected chi connectivity index (χ2v) is 9.65. The zero-order valence-corrected chi connectivity index (χ0v) is 19.8. The zero-order valence-electron chi connectivity index (χ0n) is 18.1. The van der Waals surface area contributed by atoms with E-state index in [4.69, 9.17) is 12.2 Å². The van der Waals surface area contributed by atoms with E-state index in [0.717, 1.165) is 44.1 Å². The van der Waals surface area contributed by atoms with E-state index in [9.17, 15) is 0 Å². The molecule has 3 atom stereocenters. The number of likely N-dealkylation sites (tertiary alicyclic amines) is 1. The van der Waals surface area contributed by atoms with Crippen molar-refractivity contribution in [2.45, 2.75) is 62.9 Å². The summed E-state index contributed by atoms with van der Waals surface area (Å²) in [5.41, 5.74) is 4.34. The summed E-state index contributed by atoms with van der Waals surface area (Å²) in [6, 6.07) is 5.77. The molecule has 4 nitrogen and oxygen atoms in total. The molecule has 1 fully saturated rings. The lowest BCUT2D eigenvalue weighted by Crippen LogP contribution is -2.57. The second kappa shape index (κ2) is 8.86. The summed E-state index contributed by atoms with van der Waals surface area (Å²) in [7, 11) is 0. The van der Waals surface area contributed by atoms with Crippen LogP contribution < -0.4 is 5.32 Å². The molecule has 158 valence electrons. The van der Waals surface area contributed by atoms with E-state index in [1.165, 1.54) is 27.8 Å². The average Bonchev–Trinajstić information content (AvgIpc) is 3.13. The fourth-order valence-corrected chi connectivity index (χ4v) is 6.29. The molecule has 6 heteroatoms. The van der Waals surface area contributed by atoms with E-state index >= 15 is 0 Å². The van der Waals surface area contributed by atoms with E-state index in [1.807, 2.05) is 11.8 Å². The molecule has 1 aromatic heterocycles. The van der Waals surface area contributed by atoms with Gasteiger partial charge < -0.3 is 15.2 Å². The van der Waals surface area contributed by atoms with Crippen LogP contribution in [0.1, 0.15) is 50.7 Å². The summed E-state index contributed by atoms with van der Waals surface area (Å²) in [4.78, 5) is 9.89. The Hall–Kier alpha value is -1.24. The van der Waals surface area contributed by atoms with Gasteiger partial charge in [0.05, 0.1) is 0 Å². The Bertz CT molecular complexity index is 873. The van der Waals surface area contributed by atoms with Gasteiger partial charge in [-0.1, -0.05) is 6.92 Å². The Balaban J connectivity index is 1.67. The van der Waals surface area contributed by atoms with Crippen LogP contribution in [0.5, 0.6) is 0 Å². The molecule has 2 aliphatic rings. The summed E-state index contributed by atoms with van der Waals surface area (Å²) >= 11 is 7.59. The number of piperidine rings is 1. The minimum Gasteiger partial charge on any atom is -0.361 e. The SMILES string of the molecule is CCCN1C[C@@H](NC(=S)N(CC)CC)CC2c3cc(SC)cc4[nH]cc(c34)C[C@H]21. The number of benzene rings is 1. The average molecular weight is 431 g/mol. The molecule has 0 amide bonds. The molecule has 2 N–H and O–H groups in total. The molecule has 29 heavy (non-hydrogen) atoms. The zero-order chi connectivity index (χ0) is 20.5. The Morgan fingerprint density at radius 2 is 2.10 bits per heavy atom. The van der Waals surface area contributed by atoms with Crippen LogP contribution in [0, 0.1) is 0 Å². The van der Waals surface area contributed by atoms with Crippen molar-refractivity contribution in [3.8, 4) is 0 Å². The third kappa shape index (κ3) is 3.91. The van der Waals surface area contributed by atoms with Crippen LogP contribution in [0.15, 0.2) is 23.2 Å². The van der Waals surface area contributed by atoms with Gasteiger partial charge >= 0.3 is 0 Å². The monoisotopic (exact) mass is 430 g/mol. The summed E-state index contributed by atoms with van der Waals surface area (Å²) in [5, 5.41) is 6.12. The fraction of sp³-hybridized carbons (Fsp3) is 0.609. The minimum absolute atomic E-state index is 0.407. The Labute approximate surface area is 184 Å². The van der Waals surface area contributed by atoms with Gasteiger partial charge in [-0.15, -0.1) is 11.8 Å². The lowest BCUT2D eigenvalue weighted by atomic mass is 9.74. The van der Waals surface area contributed by atoms with E-state index in [-0.39, 0.29) is 0 Å². The van der Waals surface area contributed by atoms with Gasteiger partial charge in [0.25, 0.3) is 0 Å². The third-order valence-corrected chi connectivity index (χ3v) is 7.83. The molecule has 2 aromatic rings. The molecule has 1 unspecified atom stereocenters. The molecule has 0 saturated carbocycles. The van der Waals surface area contributed by atoms with Crippen LogP contribution in [0.4, 0.5) is 0 Å². The summed E-state index contributed by atoms with van der Waals surface area (Å²) < 4.78 is 0. The van der Waals surface area contributed by atoms with Crippen molar-refractivity contribution in [2.75, 3.05) is 32.4 Å². The number of thioether (sulfide) groups is 1. The van der Waals surface area contributed by atoms with Gasteiger partial charge in [-0.25, -0.2) is 0 Å². The maximum atomic E-state index is 5.75. The summed E-state index contributed by atoms with van der Waals surface area (Å²) in [6.07, 6.45) is 7.93. The maximum absolute atomic E-state index is 5.75. The normalized spacial score (nSPS) is 23.8. The number of fused-ring (bicyclic) bond motifs is 2. The maximum Gasteiger partial charge on any atom is 0.169 e. The molecule has 2 heterocycles. The van der Waals surface area contributed by atoms with Gasteiger partial charge in [0, 0.05) is 59.6 Å². The first kappa shape index (κ1) is 21.0. The van der Waals surface area contributed by atoms with Gasteiger partial charge in [0.2, 0.25) is 0 Å². The first-order valence-electron chi connectivity index (χ1n) is 11.1. The third-order valence-electron chi connectivity index (χ3n) is 6.75. The van der Waals surface area contributed by atoms with E-state index in [0.29, 0.717) is 18.0 Å². The molecular formula is C23H34N4S2. The lowest BCUT2D eigenvalue weighted by Gasteiger charge is -2.48. The fourth-order valence-electron chi connectivity index (χ4n) is 5.39. The van der Waals surface area contributed by atoms with Gasteiger partial charge in [0.15, 0.2) is 5.11 Å². The molecule has 1 aliphatic heterocycles. The summed E-state index contributed by atoms with van der Waals surface area (Å²) in [5.74, 6) is 0.560. The molecule has 1 saturated heterocycles. The highest BCUT2D eigenvalue weighted by Gasteiger charge is 2.41. The number of hydrogen-bond donors (Lipinski definition) is 2. The van der Waals surface area contributed by atoms with Crippen LogP contribution in [-0.2, 0) is 6.42 Å². The number of thiocarbonyl (C=S) groups is 1. The topological polar surface area (TPSA) is 34.3 Å². The van der Waals surface area contributed by atoms with Crippen molar-refractivity contribution in [1.29, 1.82) is 0 Å². The predicted molar refractivity (Wildman–Crippen MR) is 129 cm³/mol. The molecule has 0 bridgehead atoms. The van der Waals surface area contributed by atoms with Crippen molar-refractivity contribution >= 4 is 40.0 Å². The van der Waals surface area contributed by atoms with E-state index < -0.39 is 0 Å². The van der Waals surface area contributed by atoms with E-state index in [2.05, 4.69) is 65.5 Å². The highest BCUT2D eigenvalue weighted by Crippen LogP contribution is 2.44. The molecular weight excluding hydrogens is 396 g/mol. The van der Waals surface area contributed by atoms with Crippen LogP contribution in [0.25, 0.3) is 10.9 Å². The van der Waals surface area contributed by atoms with Crippen molar-refractivity contribution in [2.24, 2.45) is 0 Å². The van der Waals surface area contributed by atoms with E-state index in [1.54, 1.807) is 5.56 Å². The number of rotatable bonds is 6. The van der Waals surface area contributed by atoms with Crippen molar-refractivity contribution in [3.05, 3.63) is 29.5 Å². The molecule has 0 spiro atoms. The highest BCUT2D eigenvalue weighted by atomic mass is 32.2. The van der Waals surface area contributed by atoms with Gasteiger partial charge in [-0.2, -0.15) is 0 Å². The standard InChI is InChI=1S/C23H34N4S2/c1-5-8-27-14-16(25-23(28)26(6-2)7-3)10-18-19-11-17(29-4)12-20-22(19)15(13-24-20)9-21(18)27/h11-13,16,18,21,24H,5-10,14H2,1-4H3,(H,25,28)/t16-,18?,21+/m0/s1. The Morgan fingerprint density at radius 1 is 1.31 bits per heavy atom. The number of H-pyrrole nitrogens is 1. The second-order valence-electron chi connectivity index (χ2n) is 8.38. The Morgan fingerprint density at radius 3 is 2.79 bits per heavy atom. The number of nitrogens with one attached hydrogen (secondary N) is 2. The quantitative estimate of drug-likeness (QED) is 0.517. The number of aromatic nitrogens is 1. The molecule has 4 rings (SSSR count). The predicted octanol–water partition coefficient (Wildman–Crippen LogP) is 4.60. The molecule has 1 aromatic carbocycles. The number of nitrogens with zero attached hydrogens (tertiary/aromatic N) is 2. The highest BCUT2D eigenvalue weighted by molar-refractivity contribution is 7.98. The van der Waals surface area contributed by atoms with Gasteiger partial charge in [-0.05, 0) is 81.4 Å². The van der Waals surface area contributed by atoms with Crippen molar-refractivity contribution < 1.29 is 0 Å². The van der Waals surface area contributed by atoms with Crippen LogP contribution in [0.3, 0.4) is 0 Å². The smallest absolute Gasteiger partial charge is 0.169 e. The van der Waals surface area contributed by atoms with Crippen LogP contribution in [-0.4, -0.2) is 64.4 Å². The van der Waals surface area contributed by atoms with Crippen LogP contribution in [0.2, 0.25) is 0 Å². The largest absolute Gasteiger partial charge is 0.361 e. The Kier molecular flexibility index (Phi) is 6.42.